The number of nitrogens with zero attached hydrogens (tertiary/aromatic N) is 4. The van der Waals surface area contributed by atoms with Crippen LogP contribution in [0.25, 0.3) is 0 Å². The summed E-state index contributed by atoms with van der Waals surface area (Å²) >= 11 is 0. The summed E-state index contributed by atoms with van der Waals surface area (Å²) in [5.41, 5.74) is 1.51. The van der Waals surface area contributed by atoms with Crippen LogP contribution in [-0.2, 0) is 17.8 Å². The van der Waals surface area contributed by atoms with E-state index in [9.17, 15) is 4.79 Å². The summed E-state index contributed by atoms with van der Waals surface area (Å²) in [7, 11) is 0. The molecule has 28 heavy (non-hydrogen) atoms. The van der Waals surface area contributed by atoms with Crippen molar-refractivity contribution >= 4 is 5.91 Å². The Morgan fingerprint density at radius 2 is 2.14 bits per heavy atom. The van der Waals surface area contributed by atoms with Crippen LogP contribution in [0.4, 0.5) is 0 Å². The van der Waals surface area contributed by atoms with E-state index in [0.29, 0.717) is 45.1 Å². The van der Waals surface area contributed by atoms with Crippen LogP contribution >= 0.6 is 0 Å². The Balaban J connectivity index is 1.40. The predicted octanol–water partition coefficient (Wildman–Crippen LogP) is 1.50. The Bertz CT molecular complexity index is 771. The van der Waals surface area contributed by atoms with Gasteiger partial charge in [0, 0.05) is 31.7 Å². The standard InChI is InChI=1S/C20H27N5O3/c1-2-12-28-19-7-4-3-6-17(19)15-21-8-5-9-25-16-18(22-23-25)20(26)24-10-13-27-14-11-24/h2-4,6-7,16,21H,1,5,8-15H2. The Morgan fingerprint density at radius 1 is 1.32 bits per heavy atom. The maximum atomic E-state index is 12.4. The van der Waals surface area contributed by atoms with Gasteiger partial charge in [0.25, 0.3) is 5.91 Å². The Hall–Kier alpha value is -2.71. The van der Waals surface area contributed by atoms with E-state index in [-0.39, 0.29) is 5.91 Å². The summed E-state index contributed by atoms with van der Waals surface area (Å²) in [6.07, 6.45) is 4.33. The maximum absolute atomic E-state index is 12.4. The molecule has 0 saturated carbocycles. The number of hydrogen-bond acceptors (Lipinski definition) is 6. The van der Waals surface area contributed by atoms with Gasteiger partial charge in [0.2, 0.25) is 0 Å². The molecular formula is C20H27N5O3. The molecule has 2 aromatic rings. The second-order valence-electron chi connectivity index (χ2n) is 6.51. The summed E-state index contributed by atoms with van der Waals surface area (Å²) in [5, 5.41) is 11.5. The predicted molar refractivity (Wildman–Crippen MR) is 105 cm³/mol. The lowest BCUT2D eigenvalue weighted by Gasteiger charge is -2.25. The number of morpholine rings is 1. The number of nitrogens with one attached hydrogen (secondary N) is 1. The number of hydrogen-bond donors (Lipinski definition) is 1. The van der Waals surface area contributed by atoms with Crippen molar-refractivity contribution in [3.05, 3.63) is 54.4 Å². The highest BCUT2D eigenvalue weighted by Crippen LogP contribution is 2.17. The molecule has 1 amide bonds. The number of rotatable bonds is 10. The van der Waals surface area contributed by atoms with Crippen molar-refractivity contribution in [2.24, 2.45) is 0 Å². The van der Waals surface area contributed by atoms with E-state index < -0.39 is 0 Å². The van der Waals surface area contributed by atoms with E-state index in [2.05, 4.69) is 22.2 Å². The number of carbonyl (C=O) groups is 1. The minimum Gasteiger partial charge on any atom is -0.489 e. The van der Waals surface area contributed by atoms with E-state index in [0.717, 1.165) is 30.8 Å². The van der Waals surface area contributed by atoms with Crippen molar-refractivity contribution in [3.63, 3.8) is 0 Å². The molecule has 1 aliphatic heterocycles. The average Bonchev–Trinajstić information content (AvgIpc) is 3.21. The van der Waals surface area contributed by atoms with Crippen molar-refractivity contribution in [3.8, 4) is 5.75 Å². The fourth-order valence-corrected chi connectivity index (χ4v) is 2.96. The van der Waals surface area contributed by atoms with Gasteiger partial charge in [-0.1, -0.05) is 36.1 Å². The van der Waals surface area contributed by atoms with Crippen LogP contribution in [0.3, 0.4) is 0 Å². The lowest BCUT2D eigenvalue weighted by atomic mass is 10.2. The number of aromatic nitrogens is 3. The van der Waals surface area contributed by atoms with E-state index in [1.807, 2.05) is 24.3 Å². The van der Waals surface area contributed by atoms with Gasteiger partial charge >= 0.3 is 0 Å². The van der Waals surface area contributed by atoms with Crippen molar-refractivity contribution < 1.29 is 14.3 Å². The molecule has 150 valence electrons. The molecule has 2 heterocycles. The number of amides is 1. The van der Waals surface area contributed by atoms with Gasteiger partial charge in [0.15, 0.2) is 5.69 Å². The molecule has 3 rings (SSSR count). The van der Waals surface area contributed by atoms with Gasteiger partial charge in [-0.2, -0.15) is 0 Å². The SMILES string of the molecule is C=CCOc1ccccc1CNCCCn1cc(C(=O)N2CCOCC2)nn1. The molecule has 1 aromatic heterocycles. The maximum Gasteiger partial charge on any atom is 0.276 e. The zero-order chi connectivity index (χ0) is 19.6. The molecule has 1 aromatic carbocycles. The van der Waals surface area contributed by atoms with Crippen LogP contribution in [0, 0.1) is 0 Å². The zero-order valence-corrected chi connectivity index (χ0v) is 16.0. The minimum absolute atomic E-state index is 0.0798. The topological polar surface area (TPSA) is 81.5 Å². The molecule has 8 nitrogen and oxygen atoms in total. The first-order valence-electron chi connectivity index (χ1n) is 9.57. The number of benzene rings is 1. The first-order valence-corrected chi connectivity index (χ1v) is 9.57. The Kier molecular flexibility index (Phi) is 7.57. The molecule has 1 N–H and O–H groups in total. The molecule has 0 bridgehead atoms. The van der Waals surface area contributed by atoms with Gasteiger partial charge in [0.05, 0.1) is 19.4 Å². The van der Waals surface area contributed by atoms with Gasteiger partial charge in [-0.05, 0) is 19.0 Å². The van der Waals surface area contributed by atoms with Crippen molar-refractivity contribution in [1.29, 1.82) is 0 Å². The third kappa shape index (κ3) is 5.64. The smallest absolute Gasteiger partial charge is 0.276 e. The van der Waals surface area contributed by atoms with Crippen LogP contribution in [-0.4, -0.2) is 65.3 Å². The molecule has 0 unspecified atom stereocenters. The third-order valence-electron chi connectivity index (χ3n) is 4.44. The Labute approximate surface area is 165 Å². The second kappa shape index (κ2) is 10.6. The van der Waals surface area contributed by atoms with E-state index >= 15 is 0 Å². The zero-order valence-electron chi connectivity index (χ0n) is 16.0. The van der Waals surface area contributed by atoms with E-state index in [1.165, 1.54) is 0 Å². The van der Waals surface area contributed by atoms with Crippen LogP contribution < -0.4 is 10.1 Å². The summed E-state index contributed by atoms with van der Waals surface area (Å²) in [5.74, 6) is 0.793. The largest absolute Gasteiger partial charge is 0.489 e. The summed E-state index contributed by atoms with van der Waals surface area (Å²) in [6.45, 7) is 8.78. The van der Waals surface area contributed by atoms with E-state index in [4.69, 9.17) is 9.47 Å². The number of para-hydroxylation sites is 1. The molecule has 1 saturated heterocycles. The highest BCUT2D eigenvalue weighted by Gasteiger charge is 2.21. The molecule has 8 heteroatoms. The Morgan fingerprint density at radius 3 is 2.96 bits per heavy atom. The molecule has 0 radical (unpaired) electrons. The lowest BCUT2D eigenvalue weighted by Crippen LogP contribution is -2.40. The van der Waals surface area contributed by atoms with Crippen LogP contribution in [0.15, 0.2) is 43.1 Å². The van der Waals surface area contributed by atoms with Crippen molar-refractivity contribution in [2.45, 2.75) is 19.5 Å². The third-order valence-corrected chi connectivity index (χ3v) is 4.44. The summed E-state index contributed by atoms with van der Waals surface area (Å²) in [6, 6.07) is 7.97. The summed E-state index contributed by atoms with van der Waals surface area (Å²) < 4.78 is 12.7. The van der Waals surface area contributed by atoms with Gasteiger partial charge in [-0.15, -0.1) is 5.10 Å². The number of aryl methyl sites for hydroxylation is 1. The number of ether oxygens (including phenoxy) is 2. The van der Waals surface area contributed by atoms with Gasteiger partial charge in [0.1, 0.15) is 12.4 Å². The van der Waals surface area contributed by atoms with Crippen LogP contribution in [0.5, 0.6) is 5.75 Å². The molecule has 0 aliphatic carbocycles. The van der Waals surface area contributed by atoms with E-state index in [1.54, 1.807) is 21.9 Å². The monoisotopic (exact) mass is 385 g/mol. The molecule has 1 aliphatic rings. The van der Waals surface area contributed by atoms with Gasteiger partial charge < -0.3 is 19.7 Å². The quantitative estimate of drug-likeness (QED) is 0.493. The second-order valence-corrected chi connectivity index (χ2v) is 6.51. The molecular weight excluding hydrogens is 358 g/mol. The highest BCUT2D eigenvalue weighted by molar-refractivity contribution is 5.91. The summed E-state index contributed by atoms with van der Waals surface area (Å²) in [4.78, 5) is 14.1. The molecule has 0 atom stereocenters. The number of carbonyl (C=O) groups excluding carboxylic acids is 1. The average molecular weight is 385 g/mol. The molecule has 1 fully saturated rings. The fourth-order valence-electron chi connectivity index (χ4n) is 2.96. The van der Waals surface area contributed by atoms with Gasteiger partial charge in [-0.25, -0.2) is 0 Å². The molecule has 0 spiro atoms. The fraction of sp³-hybridized carbons (Fsp3) is 0.450. The lowest BCUT2D eigenvalue weighted by molar-refractivity contribution is 0.0299. The normalized spacial score (nSPS) is 14.1. The van der Waals surface area contributed by atoms with Crippen LogP contribution in [0.2, 0.25) is 0 Å². The van der Waals surface area contributed by atoms with Crippen molar-refractivity contribution in [1.82, 2.24) is 25.2 Å². The minimum atomic E-state index is -0.0798. The first-order chi connectivity index (χ1) is 13.8. The van der Waals surface area contributed by atoms with Gasteiger partial charge in [-0.3, -0.25) is 9.48 Å². The van der Waals surface area contributed by atoms with Crippen molar-refractivity contribution in [2.75, 3.05) is 39.5 Å². The highest BCUT2D eigenvalue weighted by atomic mass is 16.5. The first kappa shape index (κ1) is 20.0. The van der Waals surface area contributed by atoms with Crippen LogP contribution in [0.1, 0.15) is 22.5 Å².